The minimum atomic E-state index is -0.483. The van der Waals surface area contributed by atoms with E-state index in [1.165, 1.54) is 0 Å². The predicted molar refractivity (Wildman–Crippen MR) is 89.4 cm³/mol. The molecule has 0 unspecified atom stereocenters. The van der Waals surface area contributed by atoms with Crippen LogP contribution in [0, 0.1) is 0 Å². The number of alkyl carbamates (subject to hydrolysis) is 1. The molecule has 0 heterocycles. The Balaban J connectivity index is 1.95. The lowest BCUT2D eigenvalue weighted by molar-refractivity contribution is 0.0523. The third-order valence-electron chi connectivity index (χ3n) is 3.03. The molecule has 0 saturated heterocycles. The lowest BCUT2D eigenvalue weighted by Gasteiger charge is -2.19. The van der Waals surface area contributed by atoms with Crippen molar-refractivity contribution in [2.45, 2.75) is 32.9 Å². The van der Waals surface area contributed by atoms with Crippen LogP contribution in [0.2, 0.25) is 0 Å². The van der Waals surface area contributed by atoms with E-state index in [0.717, 1.165) is 22.4 Å². The second kappa shape index (κ2) is 6.52. The van der Waals surface area contributed by atoms with Gasteiger partial charge in [-0.15, -0.1) is 0 Å². The number of carbonyl (C=O) groups is 1. The highest BCUT2D eigenvalue weighted by atomic mass is 16.6. The van der Waals surface area contributed by atoms with Crippen LogP contribution in [0.4, 0.5) is 10.5 Å². The number of benzene rings is 2. The van der Waals surface area contributed by atoms with Crippen molar-refractivity contribution in [1.29, 1.82) is 0 Å². The van der Waals surface area contributed by atoms with Crippen molar-refractivity contribution < 1.29 is 9.53 Å². The summed E-state index contributed by atoms with van der Waals surface area (Å²) in [6.07, 6.45) is -0.407. The molecule has 22 heavy (non-hydrogen) atoms. The van der Waals surface area contributed by atoms with E-state index in [1.54, 1.807) is 0 Å². The molecule has 116 valence electrons. The van der Waals surface area contributed by atoms with Gasteiger partial charge in [0.05, 0.1) is 0 Å². The number of hydrogen-bond acceptors (Lipinski definition) is 3. The molecule has 0 bridgehead atoms. The SMILES string of the molecule is CC(C)(C)OC(=O)NCc1ccc(-c2ccc(N)cc2)cc1. The van der Waals surface area contributed by atoms with Crippen molar-refractivity contribution in [3.05, 3.63) is 54.1 Å². The summed E-state index contributed by atoms with van der Waals surface area (Å²) < 4.78 is 5.20. The predicted octanol–water partition coefficient (Wildman–Crippen LogP) is 3.96. The van der Waals surface area contributed by atoms with Crippen LogP contribution in [0.15, 0.2) is 48.5 Å². The first kappa shape index (κ1) is 15.9. The first-order chi connectivity index (χ1) is 10.3. The van der Waals surface area contributed by atoms with E-state index < -0.39 is 11.7 Å². The van der Waals surface area contributed by atoms with Crippen LogP contribution in [-0.2, 0) is 11.3 Å². The second-order valence-corrected chi connectivity index (χ2v) is 6.17. The van der Waals surface area contributed by atoms with Crippen molar-refractivity contribution >= 4 is 11.8 Å². The maximum atomic E-state index is 11.6. The Kier molecular flexibility index (Phi) is 4.71. The second-order valence-electron chi connectivity index (χ2n) is 6.17. The Morgan fingerprint density at radius 3 is 2.00 bits per heavy atom. The van der Waals surface area contributed by atoms with Gasteiger partial charge in [-0.2, -0.15) is 0 Å². The minimum absolute atomic E-state index is 0.407. The molecule has 0 aromatic heterocycles. The van der Waals surface area contributed by atoms with Gasteiger partial charge in [0.2, 0.25) is 0 Å². The Hall–Kier alpha value is -2.49. The Bertz CT molecular complexity index is 626. The van der Waals surface area contributed by atoms with E-state index in [-0.39, 0.29) is 0 Å². The van der Waals surface area contributed by atoms with E-state index in [2.05, 4.69) is 5.32 Å². The van der Waals surface area contributed by atoms with Crippen molar-refractivity contribution in [3.8, 4) is 11.1 Å². The summed E-state index contributed by atoms with van der Waals surface area (Å²) in [5.41, 5.74) is 9.20. The average molecular weight is 298 g/mol. The molecule has 1 amide bonds. The van der Waals surface area contributed by atoms with Gasteiger partial charge in [-0.1, -0.05) is 36.4 Å². The molecule has 0 radical (unpaired) electrons. The molecule has 2 aromatic rings. The number of amides is 1. The number of nitrogens with one attached hydrogen (secondary N) is 1. The zero-order valence-corrected chi connectivity index (χ0v) is 13.2. The average Bonchev–Trinajstić information content (AvgIpc) is 2.45. The van der Waals surface area contributed by atoms with Gasteiger partial charge in [0.25, 0.3) is 0 Å². The van der Waals surface area contributed by atoms with Crippen LogP contribution in [0.1, 0.15) is 26.3 Å². The smallest absolute Gasteiger partial charge is 0.407 e. The number of nitrogens with two attached hydrogens (primary N) is 1. The molecule has 2 rings (SSSR count). The Labute approximate surface area is 131 Å². The van der Waals surface area contributed by atoms with E-state index in [1.807, 2.05) is 69.3 Å². The summed E-state index contributed by atoms with van der Waals surface area (Å²) in [5, 5.41) is 2.74. The Morgan fingerprint density at radius 2 is 1.50 bits per heavy atom. The van der Waals surface area contributed by atoms with Crippen LogP contribution < -0.4 is 11.1 Å². The summed E-state index contributed by atoms with van der Waals surface area (Å²) in [7, 11) is 0. The number of carbonyl (C=O) groups excluding carboxylic acids is 1. The van der Waals surface area contributed by atoms with Gasteiger partial charge in [-0.25, -0.2) is 4.79 Å². The largest absolute Gasteiger partial charge is 0.444 e. The van der Waals surface area contributed by atoms with Gasteiger partial charge in [0, 0.05) is 12.2 Å². The van der Waals surface area contributed by atoms with Crippen LogP contribution in [-0.4, -0.2) is 11.7 Å². The van der Waals surface area contributed by atoms with E-state index in [4.69, 9.17) is 10.5 Å². The Morgan fingerprint density at radius 1 is 1.00 bits per heavy atom. The van der Waals surface area contributed by atoms with Crippen molar-refractivity contribution in [2.75, 3.05) is 5.73 Å². The number of hydrogen-bond donors (Lipinski definition) is 2. The zero-order valence-electron chi connectivity index (χ0n) is 13.2. The van der Waals surface area contributed by atoms with Gasteiger partial charge in [-0.3, -0.25) is 0 Å². The van der Waals surface area contributed by atoms with Crippen LogP contribution in [0.25, 0.3) is 11.1 Å². The van der Waals surface area contributed by atoms with Gasteiger partial charge in [-0.05, 0) is 49.6 Å². The molecule has 0 aliphatic carbocycles. The van der Waals surface area contributed by atoms with Crippen molar-refractivity contribution in [3.63, 3.8) is 0 Å². The lowest BCUT2D eigenvalue weighted by Crippen LogP contribution is -2.32. The van der Waals surface area contributed by atoms with E-state index in [9.17, 15) is 4.79 Å². The van der Waals surface area contributed by atoms with Crippen LogP contribution in [0.3, 0.4) is 0 Å². The highest BCUT2D eigenvalue weighted by Gasteiger charge is 2.15. The zero-order chi connectivity index (χ0) is 16.2. The molecule has 0 aliphatic heterocycles. The summed E-state index contributed by atoms with van der Waals surface area (Å²) in [6, 6.07) is 15.8. The summed E-state index contributed by atoms with van der Waals surface area (Å²) in [6.45, 7) is 5.97. The maximum absolute atomic E-state index is 11.6. The molecule has 0 spiro atoms. The van der Waals surface area contributed by atoms with E-state index in [0.29, 0.717) is 6.54 Å². The molecule has 4 heteroatoms. The number of nitrogen functional groups attached to an aromatic ring is 1. The molecule has 0 atom stereocenters. The first-order valence-corrected chi connectivity index (χ1v) is 7.25. The van der Waals surface area contributed by atoms with E-state index >= 15 is 0 Å². The molecule has 2 aromatic carbocycles. The maximum Gasteiger partial charge on any atom is 0.407 e. The molecule has 4 nitrogen and oxygen atoms in total. The lowest BCUT2D eigenvalue weighted by atomic mass is 10.0. The van der Waals surface area contributed by atoms with Crippen LogP contribution >= 0.6 is 0 Å². The fraction of sp³-hybridized carbons (Fsp3) is 0.278. The van der Waals surface area contributed by atoms with Crippen molar-refractivity contribution in [1.82, 2.24) is 5.32 Å². The third-order valence-corrected chi connectivity index (χ3v) is 3.03. The van der Waals surface area contributed by atoms with Gasteiger partial charge < -0.3 is 15.8 Å². The monoisotopic (exact) mass is 298 g/mol. The molecular weight excluding hydrogens is 276 g/mol. The molecular formula is C18H22N2O2. The number of rotatable bonds is 3. The van der Waals surface area contributed by atoms with Gasteiger partial charge in [0.1, 0.15) is 5.60 Å². The molecule has 0 saturated carbocycles. The fourth-order valence-corrected chi connectivity index (χ4v) is 1.98. The standard InChI is InChI=1S/C18H22N2O2/c1-18(2,3)22-17(21)20-12-13-4-6-14(7-5-13)15-8-10-16(19)11-9-15/h4-11H,12,19H2,1-3H3,(H,20,21). The summed E-state index contributed by atoms with van der Waals surface area (Å²) in [4.78, 5) is 11.6. The molecule has 0 fully saturated rings. The molecule has 0 aliphatic rings. The van der Waals surface area contributed by atoms with Gasteiger partial charge >= 0.3 is 6.09 Å². The van der Waals surface area contributed by atoms with Gasteiger partial charge in [0.15, 0.2) is 0 Å². The topological polar surface area (TPSA) is 64.3 Å². The number of anilines is 1. The quantitative estimate of drug-likeness (QED) is 0.843. The summed E-state index contributed by atoms with van der Waals surface area (Å²) >= 11 is 0. The number of ether oxygens (including phenoxy) is 1. The summed E-state index contributed by atoms with van der Waals surface area (Å²) in [5.74, 6) is 0. The van der Waals surface area contributed by atoms with Crippen molar-refractivity contribution in [2.24, 2.45) is 0 Å². The fourth-order valence-electron chi connectivity index (χ4n) is 1.98. The van der Waals surface area contributed by atoms with Crippen LogP contribution in [0.5, 0.6) is 0 Å². The highest BCUT2D eigenvalue weighted by molar-refractivity contribution is 5.68. The third kappa shape index (κ3) is 4.81. The normalized spacial score (nSPS) is 11.0. The molecule has 3 N–H and O–H groups in total. The first-order valence-electron chi connectivity index (χ1n) is 7.25. The highest BCUT2D eigenvalue weighted by Crippen LogP contribution is 2.21. The minimum Gasteiger partial charge on any atom is -0.444 e.